The largest absolute Gasteiger partial charge is 0.392 e. The van der Waals surface area contributed by atoms with Gasteiger partial charge in [0.05, 0.1) is 35.3 Å². The Morgan fingerprint density at radius 3 is 2.95 bits per heavy atom. The fraction of sp³-hybridized carbons (Fsp3) is 0.375. The van der Waals surface area contributed by atoms with E-state index in [-0.39, 0.29) is 11.8 Å². The minimum absolute atomic E-state index is 0.140. The van der Waals surface area contributed by atoms with E-state index in [9.17, 15) is 9.90 Å². The second kappa shape index (κ2) is 6.10. The first-order valence-corrected chi connectivity index (χ1v) is 7.73. The van der Waals surface area contributed by atoms with Gasteiger partial charge in [0.2, 0.25) is 5.91 Å². The number of hydrogen-bond donors (Lipinski definition) is 2. The summed E-state index contributed by atoms with van der Waals surface area (Å²) in [4.78, 5) is 12.2. The first kappa shape index (κ1) is 15.1. The van der Waals surface area contributed by atoms with Gasteiger partial charge >= 0.3 is 0 Å². The van der Waals surface area contributed by atoms with Crippen LogP contribution in [0.15, 0.2) is 30.5 Å². The molecule has 3 rings (SSSR count). The van der Waals surface area contributed by atoms with Gasteiger partial charge in [-0.25, -0.2) is 4.68 Å². The van der Waals surface area contributed by atoms with Crippen molar-refractivity contribution < 1.29 is 9.90 Å². The van der Waals surface area contributed by atoms with E-state index in [0.29, 0.717) is 17.1 Å². The van der Waals surface area contributed by atoms with Gasteiger partial charge in [-0.05, 0) is 44.4 Å². The quantitative estimate of drug-likeness (QED) is 0.914. The van der Waals surface area contributed by atoms with Crippen LogP contribution in [0.3, 0.4) is 0 Å². The van der Waals surface area contributed by atoms with Gasteiger partial charge in [-0.3, -0.25) is 4.79 Å². The normalized spacial score (nSPS) is 21.0. The Morgan fingerprint density at radius 1 is 1.45 bits per heavy atom. The number of carbonyl (C=O) groups is 1. The van der Waals surface area contributed by atoms with Gasteiger partial charge in [0.1, 0.15) is 0 Å². The number of carbonyl (C=O) groups excluding carboxylic acids is 1. The number of anilines is 1. The Kier molecular flexibility index (Phi) is 4.18. The molecule has 116 valence electrons. The number of aromatic nitrogens is 2. The summed E-state index contributed by atoms with van der Waals surface area (Å²) in [6.45, 7) is 1.88. The Labute approximate surface area is 133 Å². The van der Waals surface area contributed by atoms with Gasteiger partial charge in [-0.2, -0.15) is 5.10 Å². The van der Waals surface area contributed by atoms with Crippen LogP contribution in [0, 0.1) is 12.8 Å². The average molecular weight is 320 g/mol. The van der Waals surface area contributed by atoms with E-state index in [4.69, 9.17) is 11.6 Å². The fourth-order valence-corrected chi connectivity index (χ4v) is 3.06. The van der Waals surface area contributed by atoms with E-state index in [1.54, 1.807) is 16.9 Å². The number of nitrogens with one attached hydrogen (secondary N) is 1. The number of amides is 1. The molecule has 6 heteroatoms. The molecule has 1 aliphatic carbocycles. The third-order valence-corrected chi connectivity index (χ3v) is 4.37. The number of nitrogens with zero attached hydrogens (tertiary/aromatic N) is 2. The molecule has 5 nitrogen and oxygen atoms in total. The molecule has 0 aliphatic heterocycles. The summed E-state index contributed by atoms with van der Waals surface area (Å²) in [7, 11) is 0. The lowest BCUT2D eigenvalue weighted by Gasteiger charge is -2.14. The molecule has 1 aromatic carbocycles. The number of halogens is 1. The van der Waals surface area contributed by atoms with Gasteiger partial charge < -0.3 is 10.4 Å². The van der Waals surface area contributed by atoms with Crippen LogP contribution in [0.4, 0.5) is 5.69 Å². The number of benzene rings is 1. The van der Waals surface area contributed by atoms with E-state index in [2.05, 4.69) is 10.4 Å². The van der Waals surface area contributed by atoms with Crippen LogP contribution in [-0.4, -0.2) is 26.9 Å². The molecule has 1 amide bonds. The van der Waals surface area contributed by atoms with Crippen molar-refractivity contribution in [1.29, 1.82) is 0 Å². The van der Waals surface area contributed by atoms with Gasteiger partial charge in [0.15, 0.2) is 0 Å². The predicted octanol–water partition coefficient (Wildman–Crippen LogP) is 2.93. The highest BCUT2D eigenvalue weighted by atomic mass is 35.5. The van der Waals surface area contributed by atoms with Crippen molar-refractivity contribution in [2.24, 2.45) is 5.92 Å². The smallest absolute Gasteiger partial charge is 0.230 e. The van der Waals surface area contributed by atoms with Crippen molar-refractivity contribution in [3.63, 3.8) is 0 Å². The number of rotatable bonds is 3. The summed E-state index contributed by atoms with van der Waals surface area (Å²) >= 11 is 6.00. The topological polar surface area (TPSA) is 67.2 Å². The summed E-state index contributed by atoms with van der Waals surface area (Å²) in [6, 6.07) is 7.37. The van der Waals surface area contributed by atoms with Crippen LogP contribution in [0.2, 0.25) is 5.02 Å². The molecule has 22 heavy (non-hydrogen) atoms. The molecule has 1 fully saturated rings. The maximum atomic E-state index is 12.2. The van der Waals surface area contributed by atoms with Crippen LogP contribution in [0.25, 0.3) is 5.69 Å². The molecule has 2 atom stereocenters. The molecule has 1 aliphatic rings. The molecule has 1 saturated carbocycles. The monoisotopic (exact) mass is 319 g/mol. The van der Waals surface area contributed by atoms with Crippen LogP contribution >= 0.6 is 11.6 Å². The van der Waals surface area contributed by atoms with E-state index < -0.39 is 6.10 Å². The third-order valence-electron chi connectivity index (χ3n) is 4.14. The van der Waals surface area contributed by atoms with Gasteiger partial charge in [0, 0.05) is 5.02 Å². The Hall–Kier alpha value is -1.85. The first-order chi connectivity index (χ1) is 10.6. The summed E-state index contributed by atoms with van der Waals surface area (Å²) in [6.07, 6.45) is 3.39. The Bertz CT molecular complexity index is 698. The zero-order chi connectivity index (χ0) is 15.7. The van der Waals surface area contributed by atoms with Crippen molar-refractivity contribution in [1.82, 2.24) is 9.78 Å². The molecule has 2 N–H and O–H groups in total. The highest BCUT2D eigenvalue weighted by Crippen LogP contribution is 2.28. The van der Waals surface area contributed by atoms with E-state index in [0.717, 1.165) is 24.2 Å². The predicted molar refractivity (Wildman–Crippen MR) is 85.3 cm³/mol. The molecule has 0 bridgehead atoms. The zero-order valence-electron chi connectivity index (χ0n) is 12.3. The fourth-order valence-electron chi connectivity index (χ4n) is 2.87. The molecular formula is C16H18ClN3O2. The van der Waals surface area contributed by atoms with Crippen molar-refractivity contribution in [2.45, 2.75) is 32.3 Å². The van der Waals surface area contributed by atoms with Crippen molar-refractivity contribution in [3.8, 4) is 5.69 Å². The third kappa shape index (κ3) is 2.87. The second-order valence-corrected chi connectivity index (χ2v) is 6.07. The maximum Gasteiger partial charge on any atom is 0.230 e. The van der Waals surface area contributed by atoms with Crippen LogP contribution in [-0.2, 0) is 4.79 Å². The summed E-state index contributed by atoms with van der Waals surface area (Å²) in [5.74, 6) is -0.465. The molecule has 2 unspecified atom stereocenters. The average Bonchev–Trinajstić information content (AvgIpc) is 3.06. The standard InChI is InChI=1S/C16H18ClN3O2/c1-10-14(19-16(22)13-6-3-7-15(13)21)9-18-20(10)12-5-2-4-11(17)8-12/h2,4-5,8-9,13,15,21H,3,6-7H2,1H3,(H,19,22). The zero-order valence-corrected chi connectivity index (χ0v) is 13.0. The SMILES string of the molecule is Cc1c(NC(=O)C2CCCC2O)cnn1-c1cccc(Cl)c1. The van der Waals surface area contributed by atoms with Crippen molar-refractivity contribution in [2.75, 3.05) is 5.32 Å². The van der Waals surface area contributed by atoms with E-state index >= 15 is 0 Å². The minimum Gasteiger partial charge on any atom is -0.392 e. The van der Waals surface area contributed by atoms with Crippen molar-refractivity contribution >= 4 is 23.2 Å². The molecule has 0 spiro atoms. The van der Waals surface area contributed by atoms with Crippen LogP contribution in [0.5, 0.6) is 0 Å². The maximum absolute atomic E-state index is 12.2. The molecule has 2 aromatic rings. The summed E-state index contributed by atoms with van der Waals surface area (Å²) in [5.41, 5.74) is 2.32. The van der Waals surface area contributed by atoms with Gasteiger partial charge in [-0.15, -0.1) is 0 Å². The summed E-state index contributed by atoms with van der Waals surface area (Å²) < 4.78 is 1.73. The molecule has 0 saturated heterocycles. The Balaban J connectivity index is 1.80. The lowest BCUT2D eigenvalue weighted by atomic mass is 10.1. The van der Waals surface area contributed by atoms with E-state index in [1.165, 1.54) is 0 Å². The highest BCUT2D eigenvalue weighted by molar-refractivity contribution is 6.30. The van der Waals surface area contributed by atoms with Gasteiger partial charge in [-0.1, -0.05) is 17.7 Å². The van der Waals surface area contributed by atoms with Crippen molar-refractivity contribution in [3.05, 3.63) is 41.2 Å². The minimum atomic E-state index is -0.539. The van der Waals surface area contributed by atoms with Crippen LogP contribution in [0.1, 0.15) is 25.0 Å². The van der Waals surface area contributed by atoms with Gasteiger partial charge in [0.25, 0.3) is 0 Å². The first-order valence-electron chi connectivity index (χ1n) is 7.36. The number of aliphatic hydroxyl groups is 1. The molecule has 0 radical (unpaired) electrons. The lowest BCUT2D eigenvalue weighted by molar-refractivity contribution is -0.122. The van der Waals surface area contributed by atoms with E-state index in [1.807, 2.05) is 25.1 Å². The number of aliphatic hydroxyl groups excluding tert-OH is 1. The molecule has 1 aromatic heterocycles. The Morgan fingerprint density at radius 2 is 2.27 bits per heavy atom. The summed E-state index contributed by atoms with van der Waals surface area (Å²) in [5, 5.41) is 17.6. The molecular weight excluding hydrogens is 302 g/mol. The van der Waals surface area contributed by atoms with Crippen LogP contribution < -0.4 is 5.32 Å². The lowest BCUT2D eigenvalue weighted by Crippen LogP contribution is -2.28. The number of hydrogen-bond acceptors (Lipinski definition) is 3. The highest BCUT2D eigenvalue weighted by Gasteiger charge is 2.31. The second-order valence-electron chi connectivity index (χ2n) is 5.63. The molecule has 1 heterocycles.